The highest BCUT2D eigenvalue weighted by Crippen LogP contribution is 2.39. The summed E-state index contributed by atoms with van der Waals surface area (Å²) in [7, 11) is 0. The van der Waals surface area contributed by atoms with Crippen LogP contribution in [0.1, 0.15) is 54.9 Å². The van der Waals surface area contributed by atoms with Crippen LogP contribution in [-0.4, -0.2) is 38.9 Å². The first-order valence-corrected chi connectivity index (χ1v) is 14.1. The number of carbonyl (C=O) groups is 2. The normalized spacial score (nSPS) is 15.1. The summed E-state index contributed by atoms with van der Waals surface area (Å²) in [4.78, 5) is 26.1. The van der Waals surface area contributed by atoms with Crippen LogP contribution in [0.15, 0.2) is 29.4 Å². The van der Waals surface area contributed by atoms with Crippen molar-refractivity contribution in [3.63, 3.8) is 0 Å². The van der Waals surface area contributed by atoms with E-state index in [2.05, 4.69) is 36.3 Å². The minimum absolute atomic E-state index is 0.150. The quantitative estimate of drug-likeness (QED) is 0.358. The van der Waals surface area contributed by atoms with Gasteiger partial charge in [0.15, 0.2) is 11.0 Å². The van der Waals surface area contributed by atoms with Gasteiger partial charge >= 0.3 is 0 Å². The lowest BCUT2D eigenvalue weighted by molar-refractivity contribution is -0.113. The van der Waals surface area contributed by atoms with Gasteiger partial charge in [-0.15, -0.1) is 21.5 Å². The van der Waals surface area contributed by atoms with E-state index in [-0.39, 0.29) is 11.7 Å². The number of ether oxygens (including phenoxy) is 1. The highest BCUT2D eigenvalue weighted by atomic mass is 32.2. The molecule has 2 heterocycles. The molecule has 192 valence electrons. The maximum Gasteiger partial charge on any atom is 0.251 e. The first-order valence-electron chi connectivity index (χ1n) is 12.3. The third kappa shape index (κ3) is 5.92. The Bertz CT molecular complexity index is 1230. The predicted molar refractivity (Wildman–Crippen MR) is 145 cm³/mol. The van der Waals surface area contributed by atoms with E-state index < -0.39 is 5.91 Å². The molecule has 2 amide bonds. The number of rotatable bonds is 10. The summed E-state index contributed by atoms with van der Waals surface area (Å²) < 4.78 is 7.76. The van der Waals surface area contributed by atoms with Crippen molar-refractivity contribution in [1.82, 2.24) is 14.8 Å². The van der Waals surface area contributed by atoms with Crippen LogP contribution in [0.5, 0.6) is 5.75 Å². The number of amides is 2. The summed E-state index contributed by atoms with van der Waals surface area (Å²) >= 11 is 2.79. The average molecular weight is 528 g/mol. The fourth-order valence-corrected chi connectivity index (χ4v) is 6.48. The number of hydrogen-bond acceptors (Lipinski definition) is 7. The molecule has 1 unspecified atom stereocenters. The van der Waals surface area contributed by atoms with Crippen LogP contribution in [0.4, 0.5) is 5.00 Å². The SMILES string of the molecule is CCn1c(SCC(=O)Nc2sc3c(c2C(N)=O)CCC(C)C3)nnc1-c1ccc(OCC(C)C)cc1. The minimum atomic E-state index is -0.485. The van der Waals surface area contributed by atoms with Gasteiger partial charge in [-0.25, -0.2) is 0 Å². The summed E-state index contributed by atoms with van der Waals surface area (Å²) in [5.41, 5.74) is 8.08. The molecule has 0 radical (unpaired) electrons. The molecule has 0 saturated heterocycles. The number of thiophene rings is 1. The van der Waals surface area contributed by atoms with E-state index in [0.29, 0.717) is 40.7 Å². The number of carbonyl (C=O) groups excluding carboxylic acids is 2. The highest BCUT2D eigenvalue weighted by molar-refractivity contribution is 7.99. The monoisotopic (exact) mass is 527 g/mol. The average Bonchev–Trinajstić information content (AvgIpc) is 3.41. The molecule has 0 saturated carbocycles. The van der Waals surface area contributed by atoms with Crippen molar-refractivity contribution in [2.45, 2.75) is 58.7 Å². The zero-order valence-corrected chi connectivity index (χ0v) is 22.8. The van der Waals surface area contributed by atoms with Crippen LogP contribution in [0.25, 0.3) is 11.4 Å². The number of anilines is 1. The summed E-state index contributed by atoms with van der Waals surface area (Å²) in [6.07, 6.45) is 2.76. The molecule has 1 aliphatic rings. The largest absolute Gasteiger partial charge is 0.493 e. The summed E-state index contributed by atoms with van der Waals surface area (Å²) in [5.74, 6) is 2.05. The molecule has 0 spiro atoms. The van der Waals surface area contributed by atoms with E-state index in [1.807, 2.05) is 35.8 Å². The number of benzene rings is 1. The minimum Gasteiger partial charge on any atom is -0.493 e. The first-order chi connectivity index (χ1) is 17.3. The second kappa shape index (κ2) is 11.5. The number of primary amides is 1. The summed E-state index contributed by atoms with van der Waals surface area (Å²) in [6.45, 7) is 9.79. The molecule has 3 N–H and O–H groups in total. The van der Waals surface area contributed by atoms with Crippen molar-refractivity contribution >= 4 is 39.9 Å². The van der Waals surface area contributed by atoms with Gasteiger partial charge in [0.1, 0.15) is 10.8 Å². The van der Waals surface area contributed by atoms with Gasteiger partial charge in [0.05, 0.1) is 17.9 Å². The maximum atomic E-state index is 12.8. The molecule has 0 aliphatic heterocycles. The number of nitrogens with two attached hydrogens (primary N) is 1. The number of thioether (sulfide) groups is 1. The van der Waals surface area contributed by atoms with Crippen LogP contribution >= 0.6 is 23.1 Å². The molecule has 1 aromatic carbocycles. The molecule has 1 aliphatic carbocycles. The maximum absolute atomic E-state index is 12.8. The Hall–Kier alpha value is -2.85. The Balaban J connectivity index is 1.43. The molecule has 36 heavy (non-hydrogen) atoms. The number of fused-ring (bicyclic) bond motifs is 1. The van der Waals surface area contributed by atoms with Crippen LogP contribution in [-0.2, 0) is 24.2 Å². The standard InChI is InChI=1S/C26H33N5O3S2/c1-5-31-24(17-7-9-18(10-8-17)34-13-15(2)3)29-30-26(31)35-14-21(32)28-25-22(23(27)33)19-11-6-16(4)12-20(19)36-25/h7-10,15-16H,5-6,11-14H2,1-4H3,(H2,27,33)(H,28,32). The third-order valence-electron chi connectivity index (χ3n) is 6.07. The Morgan fingerprint density at radius 1 is 1.28 bits per heavy atom. The van der Waals surface area contributed by atoms with Crippen molar-refractivity contribution in [2.24, 2.45) is 17.6 Å². The van der Waals surface area contributed by atoms with Crippen molar-refractivity contribution in [3.05, 3.63) is 40.3 Å². The molecule has 0 bridgehead atoms. The Kier molecular flexibility index (Phi) is 8.35. The fourth-order valence-electron chi connectivity index (χ4n) is 4.25. The molecular weight excluding hydrogens is 494 g/mol. The molecule has 0 fully saturated rings. The van der Waals surface area contributed by atoms with Crippen LogP contribution < -0.4 is 15.8 Å². The highest BCUT2D eigenvalue weighted by Gasteiger charge is 2.27. The number of nitrogens with one attached hydrogen (secondary N) is 1. The van der Waals surface area contributed by atoms with Gasteiger partial charge in [-0.1, -0.05) is 32.5 Å². The molecule has 4 rings (SSSR count). The number of nitrogens with zero attached hydrogens (tertiary/aromatic N) is 3. The van der Waals surface area contributed by atoms with Gasteiger partial charge in [-0.2, -0.15) is 0 Å². The van der Waals surface area contributed by atoms with Gasteiger partial charge in [-0.05, 0) is 67.9 Å². The van der Waals surface area contributed by atoms with Crippen LogP contribution in [0, 0.1) is 11.8 Å². The molecule has 8 nitrogen and oxygen atoms in total. The lowest BCUT2D eigenvalue weighted by Crippen LogP contribution is -2.20. The van der Waals surface area contributed by atoms with E-state index in [4.69, 9.17) is 10.5 Å². The number of aromatic nitrogens is 3. The van der Waals surface area contributed by atoms with Crippen molar-refractivity contribution in [3.8, 4) is 17.1 Å². The Morgan fingerprint density at radius 3 is 2.69 bits per heavy atom. The lowest BCUT2D eigenvalue weighted by Gasteiger charge is -2.18. The van der Waals surface area contributed by atoms with Crippen molar-refractivity contribution in [2.75, 3.05) is 17.7 Å². The predicted octanol–water partition coefficient (Wildman–Crippen LogP) is 5.02. The molecular formula is C26H33N5O3S2. The van der Waals surface area contributed by atoms with E-state index in [0.717, 1.165) is 46.8 Å². The third-order valence-corrected chi connectivity index (χ3v) is 8.21. The van der Waals surface area contributed by atoms with Gasteiger partial charge < -0.3 is 20.4 Å². The van der Waals surface area contributed by atoms with Crippen molar-refractivity contribution < 1.29 is 14.3 Å². The second-order valence-corrected chi connectivity index (χ2v) is 11.6. The molecule has 10 heteroatoms. The summed E-state index contributed by atoms with van der Waals surface area (Å²) in [6, 6.07) is 7.81. The van der Waals surface area contributed by atoms with E-state index in [1.54, 1.807) is 0 Å². The molecule has 1 atom stereocenters. The van der Waals surface area contributed by atoms with E-state index in [9.17, 15) is 9.59 Å². The number of hydrogen-bond donors (Lipinski definition) is 2. The zero-order chi connectivity index (χ0) is 25.8. The smallest absolute Gasteiger partial charge is 0.251 e. The van der Waals surface area contributed by atoms with Gasteiger partial charge in [0.25, 0.3) is 5.91 Å². The van der Waals surface area contributed by atoms with Crippen LogP contribution in [0.3, 0.4) is 0 Å². The van der Waals surface area contributed by atoms with E-state index in [1.165, 1.54) is 23.1 Å². The Morgan fingerprint density at radius 2 is 2.03 bits per heavy atom. The van der Waals surface area contributed by atoms with Crippen molar-refractivity contribution in [1.29, 1.82) is 0 Å². The lowest BCUT2D eigenvalue weighted by atomic mass is 9.88. The topological polar surface area (TPSA) is 112 Å². The Labute approximate surface area is 220 Å². The van der Waals surface area contributed by atoms with Gasteiger partial charge in [-0.3, -0.25) is 9.59 Å². The van der Waals surface area contributed by atoms with E-state index >= 15 is 0 Å². The second-order valence-electron chi connectivity index (χ2n) is 9.54. The molecule has 3 aromatic rings. The first kappa shape index (κ1) is 26.2. The fraction of sp³-hybridized carbons (Fsp3) is 0.462. The zero-order valence-electron chi connectivity index (χ0n) is 21.2. The summed E-state index contributed by atoms with van der Waals surface area (Å²) in [5, 5.41) is 12.8. The molecule has 2 aromatic heterocycles. The van der Waals surface area contributed by atoms with Gasteiger partial charge in [0, 0.05) is 17.0 Å². The van der Waals surface area contributed by atoms with Crippen LogP contribution in [0.2, 0.25) is 0 Å². The van der Waals surface area contributed by atoms with Gasteiger partial charge in [0.2, 0.25) is 5.91 Å².